The monoisotopic (exact) mass is 294 g/mol. The van der Waals surface area contributed by atoms with Crippen molar-refractivity contribution in [2.24, 2.45) is 0 Å². The molecule has 0 fully saturated rings. The van der Waals surface area contributed by atoms with E-state index in [9.17, 15) is 0 Å². The van der Waals surface area contributed by atoms with Crippen LogP contribution in [0.2, 0.25) is 8.37 Å². The topological polar surface area (TPSA) is 6.48 Å². The predicted octanol–water partition coefficient (Wildman–Crippen LogP) is 2.37. The molecule has 13 heavy (non-hydrogen) atoms. The molecule has 0 N–H and O–H groups in total. The molecule has 0 amide bonds. The van der Waals surface area contributed by atoms with E-state index in [1.165, 1.54) is 6.54 Å². The van der Waals surface area contributed by atoms with Gasteiger partial charge in [-0.05, 0) is 0 Å². The molecule has 3 heteroatoms. The van der Waals surface area contributed by atoms with Crippen molar-refractivity contribution in [1.82, 2.24) is 6.24 Å². The molecular weight excluding hydrogens is 267 g/mol. The SMILES string of the molecule is CC[N](C)[Sn]([CH3])([N](C)C)[C](C)(C)C. The molecule has 0 aromatic heterocycles. The molecule has 0 aromatic carbocycles. The van der Waals surface area contributed by atoms with E-state index in [0.29, 0.717) is 3.43 Å². The number of rotatable bonds is 3. The fourth-order valence-corrected chi connectivity index (χ4v) is 12.7. The van der Waals surface area contributed by atoms with E-state index in [-0.39, 0.29) is 0 Å². The molecule has 1 atom stereocenters. The summed E-state index contributed by atoms with van der Waals surface area (Å²) in [5, 5.41) is 0. The van der Waals surface area contributed by atoms with Gasteiger partial charge in [0, 0.05) is 0 Å². The Morgan fingerprint density at radius 1 is 1.08 bits per heavy atom. The van der Waals surface area contributed by atoms with Crippen LogP contribution < -0.4 is 0 Å². The third-order valence-electron chi connectivity index (χ3n) is 3.51. The van der Waals surface area contributed by atoms with Gasteiger partial charge < -0.3 is 0 Å². The van der Waals surface area contributed by atoms with E-state index in [2.05, 4.69) is 60.0 Å². The molecule has 0 heterocycles. The Balaban J connectivity index is 4.96. The fraction of sp³-hybridized carbons (Fsp3) is 1.00. The van der Waals surface area contributed by atoms with Crippen LogP contribution in [0, 0.1) is 0 Å². The quantitative estimate of drug-likeness (QED) is 0.737. The normalized spacial score (nSPS) is 18.0. The average molecular weight is 293 g/mol. The van der Waals surface area contributed by atoms with Gasteiger partial charge in [0.05, 0.1) is 0 Å². The second kappa shape index (κ2) is 4.49. The summed E-state index contributed by atoms with van der Waals surface area (Å²) < 4.78 is 5.58. The van der Waals surface area contributed by atoms with Crippen LogP contribution in [0.3, 0.4) is 0 Å². The van der Waals surface area contributed by atoms with Crippen molar-refractivity contribution >= 4 is 18.9 Å². The maximum absolute atomic E-state index is 2.61. The van der Waals surface area contributed by atoms with Gasteiger partial charge in [-0.25, -0.2) is 0 Å². The predicted molar refractivity (Wildman–Crippen MR) is 63.3 cm³/mol. The Kier molecular flexibility index (Phi) is 4.74. The molecule has 2 nitrogen and oxygen atoms in total. The van der Waals surface area contributed by atoms with Crippen LogP contribution in [0.15, 0.2) is 0 Å². The Bertz CT molecular complexity index is 163. The van der Waals surface area contributed by atoms with E-state index in [1.54, 1.807) is 0 Å². The van der Waals surface area contributed by atoms with Crippen LogP contribution in [-0.2, 0) is 0 Å². The van der Waals surface area contributed by atoms with E-state index in [0.717, 1.165) is 0 Å². The summed E-state index contributed by atoms with van der Waals surface area (Å²) in [5.74, 6) is 0. The van der Waals surface area contributed by atoms with Gasteiger partial charge in [0.25, 0.3) is 0 Å². The second-order valence-corrected chi connectivity index (χ2v) is 20.0. The standard InChI is InChI=1S/C4H9.C3H8N.C2H6N.CH3.Sn/c1-4(2)3;1-3-4-2;1-3-2;;/h1-3H3;3H2,1-2H3;1-2H3;1H3;/q;2*-1;;+2. The molecule has 0 aliphatic rings. The van der Waals surface area contributed by atoms with Crippen LogP contribution in [0.4, 0.5) is 0 Å². The van der Waals surface area contributed by atoms with Crippen molar-refractivity contribution in [2.75, 3.05) is 27.7 Å². The summed E-state index contributed by atoms with van der Waals surface area (Å²) >= 11 is -2.27. The number of hydrogen-bond acceptors (Lipinski definition) is 2. The van der Waals surface area contributed by atoms with E-state index >= 15 is 0 Å². The Morgan fingerprint density at radius 3 is 1.54 bits per heavy atom. The molecule has 0 aliphatic heterocycles. The summed E-state index contributed by atoms with van der Waals surface area (Å²) in [6, 6.07) is 0. The van der Waals surface area contributed by atoms with Crippen molar-refractivity contribution in [2.45, 2.75) is 36.1 Å². The first-order valence-corrected chi connectivity index (χ1v) is 11.9. The molecule has 0 aliphatic carbocycles. The molecule has 0 spiro atoms. The van der Waals surface area contributed by atoms with Gasteiger partial charge in [-0.2, -0.15) is 0 Å². The number of nitrogens with zero attached hydrogens (tertiary/aromatic N) is 2. The van der Waals surface area contributed by atoms with E-state index in [1.807, 2.05) is 0 Å². The summed E-state index contributed by atoms with van der Waals surface area (Å²) in [7, 11) is 6.77. The van der Waals surface area contributed by atoms with Gasteiger partial charge >= 0.3 is 88.9 Å². The summed E-state index contributed by atoms with van der Waals surface area (Å²) in [5.41, 5.74) is 0. The molecule has 1 unspecified atom stereocenters. The molecule has 0 bridgehead atoms. The Hall–Kier alpha value is 0.719. The Labute approximate surface area is 88.9 Å². The van der Waals surface area contributed by atoms with E-state index in [4.69, 9.17) is 0 Å². The van der Waals surface area contributed by atoms with Gasteiger partial charge in [0.15, 0.2) is 0 Å². The third kappa shape index (κ3) is 2.60. The first kappa shape index (κ1) is 13.7. The van der Waals surface area contributed by atoms with Crippen LogP contribution in [-0.4, -0.2) is 52.9 Å². The van der Waals surface area contributed by atoms with Gasteiger partial charge in [0.2, 0.25) is 0 Å². The zero-order valence-electron chi connectivity index (χ0n) is 10.6. The molecule has 0 saturated heterocycles. The van der Waals surface area contributed by atoms with Crippen LogP contribution >= 0.6 is 0 Å². The molecule has 80 valence electrons. The fourth-order valence-electron chi connectivity index (χ4n) is 1.89. The van der Waals surface area contributed by atoms with Crippen molar-refractivity contribution in [3.63, 3.8) is 0 Å². The van der Waals surface area contributed by atoms with Gasteiger partial charge in [-0.15, -0.1) is 0 Å². The minimum absolute atomic E-state index is 0.461. The van der Waals surface area contributed by atoms with Crippen LogP contribution in [0.25, 0.3) is 0 Å². The first-order chi connectivity index (χ1) is 5.67. The zero-order valence-corrected chi connectivity index (χ0v) is 13.5. The molecule has 0 saturated carbocycles. The maximum atomic E-state index is 2.61. The van der Waals surface area contributed by atoms with Crippen molar-refractivity contribution in [3.8, 4) is 0 Å². The minimum atomic E-state index is -2.27. The summed E-state index contributed by atoms with van der Waals surface area (Å²) in [4.78, 5) is 2.51. The van der Waals surface area contributed by atoms with Crippen molar-refractivity contribution < 1.29 is 0 Å². The zero-order chi connectivity index (χ0) is 10.9. The first-order valence-electron chi connectivity index (χ1n) is 5.06. The van der Waals surface area contributed by atoms with Gasteiger partial charge in [-0.3, -0.25) is 0 Å². The molecule has 0 rings (SSSR count). The van der Waals surface area contributed by atoms with Crippen LogP contribution in [0.5, 0.6) is 0 Å². The number of hydrogen-bond donors (Lipinski definition) is 0. The Morgan fingerprint density at radius 2 is 1.46 bits per heavy atom. The second-order valence-electron chi connectivity index (χ2n) is 5.18. The van der Waals surface area contributed by atoms with Crippen LogP contribution in [0.1, 0.15) is 27.7 Å². The van der Waals surface area contributed by atoms with E-state index < -0.39 is 18.9 Å². The van der Waals surface area contributed by atoms with Gasteiger partial charge in [-0.1, -0.05) is 0 Å². The van der Waals surface area contributed by atoms with Gasteiger partial charge in [0.1, 0.15) is 0 Å². The third-order valence-corrected chi connectivity index (χ3v) is 21.7. The molecule has 0 aromatic rings. The van der Waals surface area contributed by atoms with Crippen molar-refractivity contribution in [1.29, 1.82) is 0 Å². The summed E-state index contributed by atoms with van der Waals surface area (Å²) in [6.07, 6.45) is 0. The van der Waals surface area contributed by atoms with Crippen molar-refractivity contribution in [3.05, 3.63) is 0 Å². The average Bonchev–Trinajstić information content (AvgIpc) is 1.98. The summed E-state index contributed by atoms with van der Waals surface area (Å²) in [6.45, 7) is 10.6. The molecular formula is C10H26N2Sn. The molecule has 0 radical (unpaired) electrons.